The molecule has 0 unspecified atom stereocenters. The third-order valence-electron chi connectivity index (χ3n) is 1.70. The fourth-order valence-corrected chi connectivity index (χ4v) is 1.39. The van der Waals surface area contributed by atoms with Gasteiger partial charge in [0.1, 0.15) is 0 Å². The van der Waals surface area contributed by atoms with Crippen molar-refractivity contribution in [3.05, 3.63) is 21.4 Å². The van der Waals surface area contributed by atoms with Crippen LogP contribution in [0.5, 0.6) is 0 Å². The summed E-state index contributed by atoms with van der Waals surface area (Å²) in [5.74, 6) is 0.447. The maximum Gasteiger partial charge on any atom is 0.157 e. The molecule has 0 radical (unpaired) electrons. The number of hydrogen-bond donors (Lipinski definition) is 0. The van der Waals surface area contributed by atoms with Crippen LogP contribution in [0.25, 0.3) is 0 Å². The molecule has 0 bridgehead atoms. The highest BCUT2D eigenvalue weighted by molar-refractivity contribution is 6.32. The van der Waals surface area contributed by atoms with Crippen molar-refractivity contribution in [3.8, 4) is 0 Å². The van der Waals surface area contributed by atoms with E-state index in [-0.39, 0.29) is 0 Å². The van der Waals surface area contributed by atoms with Gasteiger partial charge in [0.2, 0.25) is 0 Å². The Kier molecular flexibility index (Phi) is 4.89. The van der Waals surface area contributed by atoms with E-state index in [1.165, 1.54) is 0 Å². The first-order chi connectivity index (χ1) is 6.66. The van der Waals surface area contributed by atoms with E-state index in [1.807, 2.05) is 6.92 Å². The summed E-state index contributed by atoms with van der Waals surface area (Å²) < 4.78 is 5.24. The first-order valence-electron chi connectivity index (χ1n) is 3.97. The van der Waals surface area contributed by atoms with E-state index in [4.69, 9.17) is 39.5 Å². The second kappa shape index (κ2) is 5.71. The van der Waals surface area contributed by atoms with E-state index >= 15 is 0 Å². The summed E-state index contributed by atoms with van der Waals surface area (Å²) in [6, 6.07) is 0. The molecule has 0 spiro atoms. The lowest BCUT2D eigenvalue weighted by Gasteiger charge is -2.07. The van der Waals surface area contributed by atoms with Gasteiger partial charge in [-0.3, -0.25) is 0 Å². The quantitative estimate of drug-likeness (QED) is 0.613. The Morgan fingerprint density at radius 2 is 1.86 bits per heavy atom. The zero-order valence-electron chi connectivity index (χ0n) is 7.56. The van der Waals surface area contributed by atoms with Crippen molar-refractivity contribution in [2.75, 3.05) is 12.5 Å². The molecule has 0 aliphatic heterocycles. The predicted octanol–water partition coefficient (Wildman–Crippen LogP) is 2.85. The molecule has 6 heteroatoms. The Morgan fingerprint density at radius 1 is 1.21 bits per heavy atom. The molecule has 0 amide bonds. The molecule has 0 aliphatic carbocycles. The summed E-state index contributed by atoms with van der Waals surface area (Å²) in [6.07, 6.45) is 0. The molecule has 0 saturated heterocycles. The van der Waals surface area contributed by atoms with E-state index in [1.54, 1.807) is 0 Å². The van der Waals surface area contributed by atoms with Crippen molar-refractivity contribution >= 4 is 34.8 Å². The van der Waals surface area contributed by atoms with Gasteiger partial charge in [-0.2, -0.15) is 0 Å². The molecule has 0 N–H and O–H groups in total. The molecule has 3 nitrogen and oxygen atoms in total. The van der Waals surface area contributed by atoms with Crippen LogP contribution in [0.15, 0.2) is 0 Å². The Balaban J connectivity index is 2.79. The Hall–Kier alpha value is -0.0900. The summed E-state index contributed by atoms with van der Waals surface area (Å²) in [7, 11) is 0. The van der Waals surface area contributed by atoms with Crippen molar-refractivity contribution in [2.24, 2.45) is 0 Å². The molecular formula is C8H9Cl3N2O. The van der Waals surface area contributed by atoms with Crippen LogP contribution in [0.1, 0.15) is 11.1 Å². The first kappa shape index (κ1) is 12.0. The van der Waals surface area contributed by atoms with Crippen LogP contribution >= 0.6 is 34.8 Å². The van der Waals surface area contributed by atoms with Crippen LogP contribution < -0.4 is 0 Å². The maximum absolute atomic E-state index is 5.84. The summed E-state index contributed by atoms with van der Waals surface area (Å²) in [4.78, 5) is 0. The van der Waals surface area contributed by atoms with Gasteiger partial charge in [-0.15, -0.1) is 21.8 Å². The minimum atomic E-state index is 0.321. The second-order valence-corrected chi connectivity index (χ2v) is 3.72. The Bertz CT molecular complexity index is 320. The molecule has 78 valence electrons. The van der Waals surface area contributed by atoms with Crippen molar-refractivity contribution in [3.63, 3.8) is 0 Å². The topological polar surface area (TPSA) is 35.0 Å². The Labute approximate surface area is 97.3 Å². The lowest BCUT2D eigenvalue weighted by Crippen LogP contribution is -2.02. The minimum Gasteiger partial charge on any atom is -0.375 e. The van der Waals surface area contributed by atoms with Crippen molar-refractivity contribution in [1.82, 2.24) is 10.2 Å². The summed E-state index contributed by atoms with van der Waals surface area (Å²) in [6.45, 7) is 2.65. The SMILES string of the molecule is Cc1c(Cl)nnc(Cl)c1COCCCl. The molecule has 0 saturated carbocycles. The average molecular weight is 256 g/mol. The monoisotopic (exact) mass is 254 g/mol. The van der Waals surface area contributed by atoms with Gasteiger partial charge in [-0.1, -0.05) is 23.2 Å². The van der Waals surface area contributed by atoms with E-state index in [9.17, 15) is 0 Å². The first-order valence-corrected chi connectivity index (χ1v) is 5.26. The highest BCUT2D eigenvalue weighted by atomic mass is 35.5. The predicted molar refractivity (Wildman–Crippen MR) is 57.2 cm³/mol. The van der Waals surface area contributed by atoms with Gasteiger partial charge >= 0.3 is 0 Å². The molecule has 1 rings (SSSR count). The molecule has 0 aliphatic rings. The molecule has 1 aromatic heterocycles. The average Bonchev–Trinajstić information content (AvgIpc) is 2.18. The number of ether oxygens (including phenoxy) is 1. The normalized spacial score (nSPS) is 10.6. The van der Waals surface area contributed by atoms with Crippen LogP contribution in [0, 0.1) is 6.92 Å². The highest BCUT2D eigenvalue weighted by Crippen LogP contribution is 2.22. The summed E-state index contributed by atoms with van der Waals surface area (Å²) >= 11 is 17.1. The lowest BCUT2D eigenvalue weighted by atomic mass is 10.2. The van der Waals surface area contributed by atoms with Gasteiger partial charge in [-0.25, -0.2) is 0 Å². The molecular weight excluding hydrogens is 246 g/mol. The number of aromatic nitrogens is 2. The van der Waals surface area contributed by atoms with Crippen LogP contribution in [0.4, 0.5) is 0 Å². The third kappa shape index (κ3) is 2.95. The third-order valence-corrected chi connectivity index (χ3v) is 2.52. The van der Waals surface area contributed by atoms with Gasteiger partial charge in [0, 0.05) is 11.4 Å². The minimum absolute atomic E-state index is 0.321. The van der Waals surface area contributed by atoms with E-state index in [0.717, 1.165) is 11.1 Å². The summed E-state index contributed by atoms with van der Waals surface area (Å²) in [5, 5.41) is 8.02. The van der Waals surface area contributed by atoms with Crippen LogP contribution in [-0.2, 0) is 11.3 Å². The molecule has 14 heavy (non-hydrogen) atoms. The number of halogens is 3. The molecule has 1 heterocycles. The summed E-state index contributed by atoms with van der Waals surface area (Å²) in [5.41, 5.74) is 1.55. The number of alkyl halides is 1. The fourth-order valence-electron chi connectivity index (χ4n) is 0.899. The number of hydrogen-bond acceptors (Lipinski definition) is 3. The fraction of sp³-hybridized carbons (Fsp3) is 0.500. The Morgan fingerprint density at radius 3 is 2.50 bits per heavy atom. The van der Waals surface area contributed by atoms with Gasteiger partial charge in [-0.05, 0) is 12.5 Å². The number of nitrogens with zero attached hydrogens (tertiary/aromatic N) is 2. The maximum atomic E-state index is 5.84. The smallest absolute Gasteiger partial charge is 0.157 e. The molecule has 1 aromatic rings. The zero-order valence-corrected chi connectivity index (χ0v) is 9.83. The molecule has 0 atom stereocenters. The highest BCUT2D eigenvalue weighted by Gasteiger charge is 2.10. The van der Waals surface area contributed by atoms with E-state index in [2.05, 4.69) is 10.2 Å². The van der Waals surface area contributed by atoms with Gasteiger partial charge in [0.25, 0.3) is 0 Å². The largest absolute Gasteiger partial charge is 0.375 e. The zero-order chi connectivity index (χ0) is 10.6. The van der Waals surface area contributed by atoms with Gasteiger partial charge < -0.3 is 4.74 Å². The van der Waals surface area contributed by atoms with E-state index < -0.39 is 0 Å². The second-order valence-electron chi connectivity index (χ2n) is 2.63. The lowest BCUT2D eigenvalue weighted by molar-refractivity contribution is 0.135. The van der Waals surface area contributed by atoms with Crippen LogP contribution in [-0.4, -0.2) is 22.7 Å². The van der Waals surface area contributed by atoms with Crippen molar-refractivity contribution < 1.29 is 4.74 Å². The van der Waals surface area contributed by atoms with Crippen molar-refractivity contribution in [1.29, 1.82) is 0 Å². The van der Waals surface area contributed by atoms with Crippen LogP contribution in [0.3, 0.4) is 0 Å². The van der Waals surface area contributed by atoms with E-state index in [0.29, 0.717) is 29.4 Å². The standard InChI is InChI=1S/C8H9Cl3N2O/c1-5-6(4-14-3-2-9)8(11)13-12-7(5)10/h2-4H2,1H3. The van der Waals surface area contributed by atoms with Gasteiger partial charge in [0.05, 0.1) is 13.2 Å². The molecule has 0 fully saturated rings. The number of rotatable bonds is 4. The molecule has 0 aromatic carbocycles. The van der Waals surface area contributed by atoms with Crippen LogP contribution in [0.2, 0.25) is 10.3 Å². The van der Waals surface area contributed by atoms with Crippen molar-refractivity contribution in [2.45, 2.75) is 13.5 Å². The van der Waals surface area contributed by atoms with Gasteiger partial charge in [0.15, 0.2) is 10.3 Å².